The Bertz CT molecular complexity index is 698. The van der Waals surface area contributed by atoms with Gasteiger partial charge < -0.3 is 14.8 Å². The van der Waals surface area contributed by atoms with Gasteiger partial charge in [-0.1, -0.05) is 41.4 Å². The number of benzene rings is 2. The van der Waals surface area contributed by atoms with Crippen molar-refractivity contribution in [1.29, 1.82) is 0 Å². The molecule has 0 spiro atoms. The van der Waals surface area contributed by atoms with Crippen molar-refractivity contribution in [3.63, 3.8) is 0 Å². The van der Waals surface area contributed by atoms with E-state index in [2.05, 4.69) is 30.4 Å². The van der Waals surface area contributed by atoms with Crippen LogP contribution in [0.2, 0.25) is 5.02 Å². The lowest BCUT2D eigenvalue weighted by Gasteiger charge is -2.15. The fourth-order valence-electron chi connectivity index (χ4n) is 2.60. The first-order valence-electron chi connectivity index (χ1n) is 8.52. The summed E-state index contributed by atoms with van der Waals surface area (Å²) in [5, 5.41) is 4.20. The molecule has 0 atom stereocenters. The quantitative estimate of drug-likeness (QED) is 0.739. The summed E-state index contributed by atoms with van der Waals surface area (Å²) in [6.45, 7) is 5.91. The first kappa shape index (κ1) is 17.1. The zero-order valence-electron chi connectivity index (χ0n) is 14.3. The fraction of sp³-hybridized carbons (Fsp3) is 0.400. The summed E-state index contributed by atoms with van der Waals surface area (Å²) in [5.74, 6) is 1.45. The van der Waals surface area contributed by atoms with Gasteiger partial charge in [0.2, 0.25) is 0 Å². The van der Waals surface area contributed by atoms with Crippen LogP contribution in [0.1, 0.15) is 36.5 Å². The lowest BCUT2D eigenvalue weighted by atomic mass is 10.1. The highest BCUT2D eigenvalue weighted by atomic mass is 35.5. The summed E-state index contributed by atoms with van der Waals surface area (Å²) in [7, 11) is 0. The first-order chi connectivity index (χ1) is 11.7. The average Bonchev–Trinajstić information content (AvgIpc) is 3.38. The van der Waals surface area contributed by atoms with Crippen molar-refractivity contribution in [2.75, 3.05) is 6.61 Å². The number of rotatable bonds is 8. The fourth-order valence-corrected chi connectivity index (χ4v) is 2.82. The molecule has 1 aliphatic carbocycles. The summed E-state index contributed by atoms with van der Waals surface area (Å²) >= 11 is 6.44. The van der Waals surface area contributed by atoms with E-state index in [1.54, 1.807) is 0 Å². The molecule has 0 bridgehead atoms. The highest BCUT2D eigenvalue weighted by molar-refractivity contribution is 6.31. The summed E-state index contributed by atoms with van der Waals surface area (Å²) in [6, 6.07) is 12.8. The van der Waals surface area contributed by atoms with Gasteiger partial charge >= 0.3 is 0 Å². The van der Waals surface area contributed by atoms with Crippen LogP contribution in [0.15, 0.2) is 36.4 Å². The number of hydrogen-bond donors (Lipinski definition) is 1. The van der Waals surface area contributed by atoms with Crippen LogP contribution in [0.25, 0.3) is 0 Å². The number of hydrogen-bond acceptors (Lipinski definition) is 3. The molecule has 128 valence electrons. The minimum atomic E-state index is 0.498. The lowest BCUT2D eigenvalue weighted by Crippen LogP contribution is -2.15. The second-order valence-electron chi connectivity index (χ2n) is 6.26. The molecule has 0 aromatic heterocycles. The lowest BCUT2D eigenvalue weighted by molar-refractivity contribution is 0.269. The van der Waals surface area contributed by atoms with Gasteiger partial charge in [-0.05, 0) is 43.9 Å². The van der Waals surface area contributed by atoms with Gasteiger partial charge in [-0.2, -0.15) is 0 Å². The third-order valence-electron chi connectivity index (χ3n) is 4.05. The van der Waals surface area contributed by atoms with Gasteiger partial charge in [0.15, 0.2) is 11.5 Å². The Morgan fingerprint density at radius 3 is 2.62 bits per heavy atom. The van der Waals surface area contributed by atoms with Crippen molar-refractivity contribution in [2.45, 2.75) is 45.9 Å². The number of ether oxygens (including phenoxy) is 2. The SMILES string of the molecule is CCOc1cc(CNC2CC2)c(Cl)cc1OCc1cccc(C)c1. The van der Waals surface area contributed by atoms with Crippen molar-refractivity contribution in [2.24, 2.45) is 0 Å². The third kappa shape index (κ3) is 4.65. The highest BCUT2D eigenvalue weighted by Gasteiger charge is 2.21. The van der Waals surface area contributed by atoms with Gasteiger partial charge in [0.05, 0.1) is 6.61 Å². The molecule has 1 aliphatic rings. The number of aryl methyl sites for hydroxylation is 1. The topological polar surface area (TPSA) is 30.5 Å². The van der Waals surface area contributed by atoms with E-state index in [-0.39, 0.29) is 0 Å². The van der Waals surface area contributed by atoms with Gasteiger partial charge in [-0.3, -0.25) is 0 Å². The van der Waals surface area contributed by atoms with E-state index in [0.717, 1.165) is 23.4 Å². The summed E-state index contributed by atoms with van der Waals surface area (Å²) < 4.78 is 11.7. The maximum Gasteiger partial charge on any atom is 0.163 e. The van der Waals surface area contributed by atoms with Crippen molar-refractivity contribution < 1.29 is 9.47 Å². The van der Waals surface area contributed by atoms with E-state index >= 15 is 0 Å². The van der Waals surface area contributed by atoms with E-state index in [0.29, 0.717) is 30.0 Å². The van der Waals surface area contributed by atoms with Crippen molar-refractivity contribution in [1.82, 2.24) is 5.32 Å². The minimum absolute atomic E-state index is 0.498. The van der Waals surface area contributed by atoms with Crippen LogP contribution in [0.5, 0.6) is 11.5 Å². The Morgan fingerprint density at radius 1 is 1.12 bits per heavy atom. The molecule has 1 fully saturated rings. The Hall–Kier alpha value is -1.71. The van der Waals surface area contributed by atoms with Crippen LogP contribution in [0.3, 0.4) is 0 Å². The van der Waals surface area contributed by atoms with Crippen molar-refractivity contribution in [3.8, 4) is 11.5 Å². The molecule has 0 heterocycles. The molecule has 24 heavy (non-hydrogen) atoms. The second-order valence-corrected chi connectivity index (χ2v) is 6.66. The predicted octanol–water partition coefficient (Wildman–Crippen LogP) is 4.88. The van der Waals surface area contributed by atoms with E-state index in [4.69, 9.17) is 21.1 Å². The maximum absolute atomic E-state index is 6.44. The van der Waals surface area contributed by atoms with Gasteiger partial charge in [-0.15, -0.1) is 0 Å². The smallest absolute Gasteiger partial charge is 0.163 e. The molecule has 3 rings (SSSR count). The highest BCUT2D eigenvalue weighted by Crippen LogP contribution is 2.34. The number of nitrogens with one attached hydrogen (secondary N) is 1. The van der Waals surface area contributed by atoms with Gasteiger partial charge in [0.25, 0.3) is 0 Å². The predicted molar refractivity (Wildman–Crippen MR) is 98.0 cm³/mol. The molecule has 0 saturated heterocycles. The molecular formula is C20H24ClNO2. The Balaban J connectivity index is 1.73. The van der Waals surface area contributed by atoms with E-state index < -0.39 is 0 Å². The molecule has 1 saturated carbocycles. The molecule has 0 aliphatic heterocycles. The normalized spacial score (nSPS) is 13.8. The monoisotopic (exact) mass is 345 g/mol. The summed E-state index contributed by atoms with van der Waals surface area (Å²) in [6.07, 6.45) is 2.52. The number of halogens is 1. The van der Waals surface area contributed by atoms with Crippen LogP contribution < -0.4 is 14.8 Å². The molecule has 2 aromatic carbocycles. The summed E-state index contributed by atoms with van der Waals surface area (Å²) in [4.78, 5) is 0. The Morgan fingerprint density at radius 2 is 1.92 bits per heavy atom. The Labute approximate surface area is 148 Å². The van der Waals surface area contributed by atoms with E-state index in [1.807, 2.05) is 25.1 Å². The molecule has 2 aromatic rings. The van der Waals surface area contributed by atoms with Crippen LogP contribution >= 0.6 is 11.6 Å². The standard InChI is InChI=1S/C20H24ClNO2/c1-3-23-19-10-16(12-22-17-7-8-17)18(21)11-20(19)24-13-15-6-4-5-14(2)9-15/h4-6,9-11,17,22H,3,7-8,12-13H2,1-2H3. The maximum atomic E-state index is 6.44. The third-order valence-corrected chi connectivity index (χ3v) is 4.40. The van der Waals surface area contributed by atoms with Crippen LogP contribution in [0, 0.1) is 6.92 Å². The van der Waals surface area contributed by atoms with Crippen LogP contribution in [0.4, 0.5) is 0 Å². The van der Waals surface area contributed by atoms with E-state index in [9.17, 15) is 0 Å². The average molecular weight is 346 g/mol. The Kier molecular flexibility index (Phi) is 5.64. The van der Waals surface area contributed by atoms with Crippen LogP contribution in [-0.4, -0.2) is 12.6 Å². The van der Waals surface area contributed by atoms with Crippen LogP contribution in [-0.2, 0) is 13.2 Å². The second kappa shape index (κ2) is 7.91. The van der Waals surface area contributed by atoms with Gasteiger partial charge in [-0.25, -0.2) is 0 Å². The molecular weight excluding hydrogens is 322 g/mol. The molecule has 0 unspecified atom stereocenters. The van der Waals surface area contributed by atoms with Crippen molar-refractivity contribution >= 4 is 11.6 Å². The van der Waals surface area contributed by atoms with Gasteiger partial charge in [0, 0.05) is 23.7 Å². The first-order valence-corrected chi connectivity index (χ1v) is 8.90. The van der Waals surface area contributed by atoms with Gasteiger partial charge in [0.1, 0.15) is 6.61 Å². The zero-order chi connectivity index (χ0) is 16.9. The summed E-state index contributed by atoms with van der Waals surface area (Å²) in [5.41, 5.74) is 3.41. The largest absolute Gasteiger partial charge is 0.490 e. The molecule has 4 heteroatoms. The van der Waals surface area contributed by atoms with Crippen molar-refractivity contribution in [3.05, 3.63) is 58.1 Å². The zero-order valence-corrected chi connectivity index (χ0v) is 15.0. The molecule has 1 N–H and O–H groups in total. The minimum Gasteiger partial charge on any atom is -0.490 e. The van der Waals surface area contributed by atoms with E-state index in [1.165, 1.54) is 18.4 Å². The molecule has 0 radical (unpaired) electrons. The molecule has 3 nitrogen and oxygen atoms in total. The molecule has 0 amide bonds.